The molecule has 74 valence electrons. The van der Waals surface area contributed by atoms with Crippen LogP contribution in [-0.4, -0.2) is 19.0 Å². The molecule has 0 saturated heterocycles. The van der Waals surface area contributed by atoms with Gasteiger partial charge in [0, 0.05) is 19.0 Å². The summed E-state index contributed by atoms with van der Waals surface area (Å²) in [5.41, 5.74) is 6.98. The molecule has 1 fully saturated rings. The van der Waals surface area contributed by atoms with E-state index < -0.39 is 0 Å². The molecule has 0 bridgehead atoms. The molecular formula is C11H15N3. The standard InChI is InChI=1S/C11H15N3/c1-13-11(12)14-10-7-9(10)8-5-3-2-4-6-8/h2-6,9-10H,7H2,1H3,(H3,12,13,14). The molecule has 14 heavy (non-hydrogen) atoms. The summed E-state index contributed by atoms with van der Waals surface area (Å²) in [6.45, 7) is 0. The summed E-state index contributed by atoms with van der Waals surface area (Å²) in [6.07, 6.45) is 1.15. The van der Waals surface area contributed by atoms with Crippen LogP contribution in [0.15, 0.2) is 35.3 Å². The fourth-order valence-electron chi connectivity index (χ4n) is 1.68. The summed E-state index contributed by atoms with van der Waals surface area (Å²) >= 11 is 0. The number of nitrogens with one attached hydrogen (secondary N) is 1. The quantitative estimate of drug-likeness (QED) is 0.540. The predicted octanol–water partition coefficient (Wildman–Crippen LogP) is 1.08. The van der Waals surface area contributed by atoms with Crippen LogP contribution in [-0.2, 0) is 0 Å². The van der Waals surface area contributed by atoms with Crippen LogP contribution >= 0.6 is 0 Å². The van der Waals surface area contributed by atoms with Gasteiger partial charge in [-0.3, -0.25) is 4.99 Å². The van der Waals surface area contributed by atoms with Crippen LogP contribution in [0.2, 0.25) is 0 Å². The Hall–Kier alpha value is -1.51. The zero-order valence-electron chi connectivity index (χ0n) is 8.27. The van der Waals surface area contributed by atoms with Gasteiger partial charge < -0.3 is 11.1 Å². The predicted molar refractivity (Wildman–Crippen MR) is 58.3 cm³/mol. The molecule has 0 radical (unpaired) electrons. The van der Waals surface area contributed by atoms with Crippen molar-refractivity contribution >= 4 is 5.96 Å². The fourth-order valence-corrected chi connectivity index (χ4v) is 1.68. The molecule has 1 saturated carbocycles. The number of hydrogen-bond acceptors (Lipinski definition) is 1. The maximum atomic E-state index is 5.59. The molecule has 0 aliphatic heterocycles. The van der Waals surface area contributed by atoms with E-state index in [9.17, 15) is 0 Å². The Bertz CT molecular complexity index is 332. The number of aliphatic imine (C=N–C) groups is 1. The molecule has 2 rings (SSSR count). The molecular weight excluding hydrogens is 174 g/mol. The molecule has 1 aliphatic carbocycles. The lowest BCUT2D eigenvalue weighted by Crippen LogP contribution is -2.33. The first-order valence-corrected chi connectivity index (χ1v) is 4.85. The lowest BCUT2D eigenvalue weighted by molar-refractivity contribution is 0.857. The summed E-state index contributed by atoms with van der Waals surface area (Å²) in [5.74, 6) is 1.14. The smallest absolute Gasteiger partial charge is 0.188 e. The summed E-state index contributed by atoms with van der Waals surface area (Å²) in [4.78, 5) is 3.88. The Labute approximate surface area is 84.0 Å². The van der Waals surface area contributed by atoms with Gasteiger partial charge in [0.25, 0.3) is 0 Å². The van der Waals surface area contributed by atoms with Crippen LogP contribution in [0.1, 0.15) is 17.9 Å². The minimum Gasteiger partial charge on any atom is -0.370 e. The average molecular weight is 189 g/mol. The number of benzene rings is 1. The van der Waals surface area contributed by atoms with E-state index in [-0.39, 0.29) is 0 Å². The number of nitrogens with two attached hydrogens (primary N) is 1. The number of nitrogens with zero attached hydrogens (tertiary/aromatic N) is 1. The molecule has 3 heteroatoms. The molecule has 0 aromatic heterocycles. The molecule has 1 aromatic carbocycles. The topological polar surface area (TPSA) is 50.4 Å². The largest absolute Gasteiger partial charge is 0.370 e. The van der Waals surface area contributed by atoms with E-state index in [0.717, 1.165) is 6.42 Å². The molecule has 2 unspecified atom stereocenters. The van der Waals surface area contributed by atoms with Crippen LogP contribution in [0.25, 0.3) is 0 Å². The van der Waals surface area contributed by atoms with Crippen molar-refractivity contribution in [2.24, 2.45) is 10.7 Å². The number of guanidine groups is 1. The first-order valence-electron chi connectivity index (χ1n) is 4.85. The third-order valence-corrected chi connectivity index (χ3v) is 2.59. The van der Waals surface area contributed by atoms with Gasteiger partial charge >= 0.3 is 0 Å². The molecule has 0 spiro atoms. The number of hydrogen-bond donors (Lipinski definition) is 2. The second-order valence-corrected chi connectivity index (χ2v) is 3.61. The molecule has 1 aromatic rings. The Morgan fingerprint density at radius 1 is 1.43 bits per heavy atom. The van der Waals surface area contributed by atoms with Gasteiger partial charge in [0.05, 0.1) is 0 Å². The first kappa shape index (κ1) is 9.06. The second-order valence-electron chi connectivity index (χ2n) is 3.61. The molecule has 2 atom stereocenters. The highest BCUT2D eigenvalue weighted by Crippen LogP contribution is 2.40. The highest BCUT2D eigenvalue weighted by Gasteiger charge is 2.38. The summed E-state index contributed by atoms with van der Waals surface area (Å²) in [7, 11) is 1.70. The van der Waals surface area contributed by atoms with Crippen molar-refractivity contribution in [3.05, 3.63) is 35.9 Å². The Morgan fingerprint density at radius 2 is 2.14 bits per heavy atom. The van der Waals surface area contributed by atoms with E-state index in [1.54, 1.807) is 7.05 Å². The molecule has 3 nitrogen and oxygen atoms in total. The van der Waals surface area contributed by atoms with Gasteiger partial charge in [-0.2, -0.15) is 0 Å². The van der Waals surface area contributed by atoms with Crippen LogP contribution in [0.5, 0.6) is 0 Å². The minimum atomic E-state index is 0.473. The van der Waals surface area contributed by atoms with Crippen LogP contribution in [0.3, 0.4) is 0 Å². The van der Waals surface area contributed by atoms with Crippen molar-refractivity contribution in [2.75, 3.05) is 7.05 Å². The monoisotopic (exact) mass is 189 g/mol. The van der Waals surface area contributed by atoms with Gasteiger partial charge in [0.2, 0.25) is 0 Å². The van der Waals surface area contributed by atoms with Gasteiger partial charge in [0.15, 0.2) is 5.96 Å². The van der Waals surface area contributed by atoms with Crippen molar-refractivity contribution in [2.45, 2.75) is 18.4 Å². The average Bonchev–Trinajstić information content (AvgIpc) is 2.98. The van der Waals surface area contributed by atoms with Gasteiger partial charge in [-0.25, -0.2) is 0 Å². The highest BCUT2D eigenvalue weighted by atomic mass is 15.1. The van der Waals surface area contributed by atoms with Crippen molar-refractivity contribution in [3.63, 3.8) is 0 Å². The van der Waals surface area contributed by atoms with E-state index in [2.05, 4.69) is 34.6 Å². The molecule has 0 amide bonds. The highest BCUT2D eigenvalue weighted by molar-refractivity contribution is 5.78. The van der Waals surface area contributed by atoms with Crippen LogP contribution < -0.4 is 11.1 Å². The van der Waals surface area contributed by atoms with Crippen molar-refractivity contribution in [1.82, 2.24) is 5.32 Å². The number of rotatable bonds is 2. The van der Waals surface area contributed by atoms with Crippen LogP contribution in [0, 0.1) is 0 Å². The zero-order chi connectivity index (χ0) is 9.97. The van der Waals surface area contributed by atoms with Gasteiger partial charge in [-0.05, 0) is 12.0 Å². The van der Waals surface area contributed by atoms with Gasteiger partial charge in [-0.1, -0.05) is 30.3 Å². The van der Waals surface area contributed by atoms with E-state index in [0.29, 0.717) is 17.9 Å². The molecule has 0 heterocycles. The van der Waals surface area contributed by atoms with E-state index in [1.165, 1.54) is 5.56 Å². The van der Waals surface area contributed by atoms with Gasteiger partial charge in [0.1, 0.15) is 0 Å². The maximum absolute atomic E-state index is 5.59. The zero-order valence-corrected chi connectivity index (χ0v) is 8.27. The van der Waals surface area contributed by atoms with Crippen molar-refractivity contribution in [3.8, 4) is 0 Å². The normalized spacial score (nSPS) is 25.9. The lowest BCUT2D eigenvalue weighted by Gasteiger charge is -2.03. The van der Waals surface area contributed by atoms with E-state index >= 15 is 0 Å². The molecule has 3 N–H and O–H groups in total. The molecule has 1 aliphatic rings. The fraction of sp³-hybridized carbons (Fsp3) is 0.364. The second kappa shape index (κ2) is 3.70. The summed E-state index contributed by atoms with van der Waals surface area (Å²) in [5, 5.41) is 3.18. The minimum absolute atomic E-state index is 0.473. The first-order chi connectivity index (χ1) is 6.81. The Morgan fingerprint density at radius 3 is 2.79 bits per heavy atom. The summed E-state index contributed by atoms with van der Waals surface area (Å²) in [6, 6.07) is 11.0. The van der Waals surface area contributed by atoms with Crippen LogP contribution in [0.4, 0.5) is 0 Å². The lowest BCUT2D eigenvalue weighted by atomic mass is 10.1. The van der Waals surface area contributed by atoms with E-state index in [1.807, 2.05) is 6.07 Å². The maximum Gasteiger partial charge on any atom is 0.188 e. The Balaban J connectivity index is 1.94. The van der Waals surface area contributed by atoms with Crippen molar-refractivity contribution < 1.29 is 0 Å². The Kier molecular flexibility index (Phi) is 2.39. The van der Waals surface area contributed by atoms with E-state index in [4.69, 9.17) is 5.73 Å². The third kappa shape index (κ3) is 1.87. The summed E-state index contributed by atoms with van der Waals surface area (Å²) < 4.78 is 0. The third-order valence-electron chi connectivity index (χ3n) is 2.59. The van der Waals surface area contributed by atoms with Crippen molar-refractivity contribution in [1.29, 1.82) is 0 Å². The SMILES string of the molecule is CN=C(N)NC1CC1c1ccccc1. The van der Waals surface area contributed by atoms with Gasteiger partial charge in [-0.15, -0.1) is 0 Å².